The fourth-order valence-electron chi connectivity index (χ4n) is 3.41. The van der Waals surface area contributed by atoms with Crippen molar-refractivity contribution in [3.8, 4) is 0 Å². The van der Waals surface area contributed by atoms with Crippen LogP contribution < -0.4 is 0 Å². The molecule has 3 rings (SSSR count). The molecular weight excluding hydrogens is 294 g/mol. The lowest BCUT2D eigenvalue weighted by molar-refractivity contribution is -0.206. The SMILES string of the molecule is CC1(OC(=O)C(F)(F)S(=O)(=O)O)CC2CC(C1)C2(C)C. The molecule has 0 spiro atoms. The lowest BCUT2D eigenvalue weighted by Gasteiger charge is -2.61. The topological polar surface area (TPSA) is 80.7 Å². The van der Waals surface area contributed by atoms with Crippen LogP contribution in [0.15, 0.2) is 0 Å². The van der Waals surface area contributed by atoms with E-state index in [4.69, 9.17) is 9.29 Å². The number of ether oxygens (including phenoxy) is 1. The van der Waals surface area contributed by atoms with Gasteiger partial charge in [0.25, 0.3) is 0 Å². The third-order valence-electron chi connectivity index (χ3n) is 4.93. The first-order valence-electron chi connectivity index (χ1n) is 6.38. The third-order valence-corrected chi connectivity index (χ3v) is 5.75. The highest BCUT2D eigenvalue weighted by Crippen LogP contribution is 2.62. The highest BCUT2D eigenvalue weighted by molar-refractivity contribution is 7.87. The minimum Gasteiger partial charge on any atom is -0.454 e. The predicted molar refractivity (Wildman–Crippen MR) is 65.6 cm³/mol. The van der Waals surface area contributed by atoms with Crippen LogP contribution in [0.25, 0.3) is 0 Å². The Bertz CT molecular complexity index is 526. The highest BCUT2D eigenvalue weighted by atomic mass is 32.2. The Kier molecular flexibility index (Phi) is 3.22. The zero-order valence-electron chi connectivity index (χ0n) is 11.5. The van der Waals surface area contributed by atoms with Crippen molar-refractivity contribution < 1.29 is 31.3 Å². The van der Waals surface area contributed by atoms with Gasteiger partial charge in [-0.15, -0.1) is 0 Å². The Morgan fingerprint density at radius 2 is 1.70 bits per heavy atom. The van der Waals surface area contributed by atoms with E-state index in [-0.39, 0.29) is 17.3 Å². The van der Waals surface area contributed by atoms with E-state index in [1.165, 1.54) is 6.92 Å². The van der Waals surface area contributed by atoms with Crippen LogP contribution in [0.2, 0.25) is 0 Å². The molecule has 2 atom stereocenters. The van der Waals surface area contributed by atoms with E-state index in [1.54, 1.807) is 0 Å². The van der Waals surface area contributed by atoms with Gasteiger partial charge in [0.05, 0.1) is 0 Å². The molecule has 0 aromatic rings. The summed E-state index contributed by atoms with van der Waals surface area (Å²) in [6, 6.07) is 0. The molecule has 0 heterocycles. The Morgan fingerprint density at radius 1 is 1.25 bits per heavy atom. The maximum Gasteiger partial charge on any atom is 0.465 e. The van der Waals surface area contributed by atoms with Crippen LogP contribution >= 0.6 is 0 Å². The maximum absolute atomic E-state index is 13.2. The summed E-state index contributed by atoms with van der Waals surface area (Å²) in [5.74, 6) is -1.68. The van der Waals surface area contributed by atoms with Crippen molar-refractivity contribution in [1.82, 2.24) is 0 Å². The van der Waals surface area contributed by atoms with Crippen LogP contribution in [0.1, 0.15) is 40.0 Å². The molecule has 2 bridgehead atoms. The van der Waals surface area contributed by atoms with Gasteiger partial charge in [0.15, 0.2) is 0 Å². The van der Waals surface area contributed by atoms with E-state index in [0.717, 1.165) is 6.42 Å². The number of rotatable bonds is 3. The number of carbonyl (C=O) groups excluding carboxylic acids is 1. The van der Waals surface area contributed by atoms with Crippen molar-refractivity contribution >= 4 is 16.1 Å². The van der Waals surface area contributed by atoms with E-state index in [2.05, 4.69) is 13.8 Å². The second-order valence-electron chi connectivity index (χ2n) is 6.69. The summed E-state index contributed by atoms with van der Waals surface area (Å²) >= 11 is 0. The molecule has 0 radical (unpaired) electrons. The van der Waals surface area contributed by atoms with Crippen LogP contribution in [-0.4, -0.2) is 29.8 Å². The smallest absolute Gasteiger partial charge is 0.454 e. The Morgan fingerprint density at radius 3 is 2.05 bits per heavy atom. The molecule has 0 aromatic heterocycles. The zero-order chi connectivity index (χ0) is 15.6. The first-order chi connectivity index (χ1) is 8.80. The van der Waals surface area contributed by atoms with Crippen molar-refractivity contribution in [3.63, 3.8) is 0 Å². The van der Waals surface area contributed by atoms with Gasteiger partial charge >= 0.3 is 21.3 Å². The quantitative estimate of drug-likeness (QED) is 0.638. The van der Waals surface area contributed by atoms with E-state index in [9.17, 15) is 22.0 Å². The van der Waals surface area contributed by atoms with Crippen LogP contribution in [0.4, 0.5) is 8.78 Å². The lowest BCUT2D eigenvalue weighted by Crippen LogP contribution is -2.58. The molecule has 8 heteroatoms. The van der Waals surface area contributed by atoms with Gasteiger partial charge in [-0.25, -0.2) is 4.79 Å². The average Bonchev–Trinajstić information content (AvgIpc) is 2.26. The molecule has 1 N–H and O–H groups in total. The van der Waals surface area contributed by atoms with Gasteiger partial charge in [-0.2, -0.15) is 17.2 Å². The van der Waals surface area contributed by atoms with Gasteiger partial charge in [0.2, 0.25) is 0 Å². The molecule has 3 saturated carbocycles. The summed E-state index contributed by atoms with van der Waals surface area (Å²) in [5, 5.41) is -4.92. The van der Waals surface area contributed by atoms with E-state index in [1.807, 2.05) is 0 Å². The van der Waals surface area contributed by atoms with E-state index in [0.29, 0.717) is 12.8 Å². The molecule has 0 aromatic carbocycles. The predicted octanol–water partition coefficient (Wildman–Crippen LogP) is 2.23. The minimum absolute atomic E-state index is 0.0947. The number of esters is 1. The first kappa shape index (κ1) is 15.6. The number of hydrogen-bond donors (Lipinski definition) is 1. The second-order valence-corrected chi connectivity index (χ2v) is 8.15. The van der Waals surface area contributed by atoms with Crippen molar-refractivity contribution in [3.05, 3.63) is 0 Å². The van der Waals surface area contributed by atoms with Gasteiger partial charge in [-0.1, -0.05) is 13.8 Å². The first-order valence-corrected chi connectivity index (χ1v) is 7.82. The summed E-state index contributed by atoms with van der Waals surface area (Å²) in [6.45, 7) is 5.69. The number of fused-ring (bicyclic) bond motifs is 2. The monoisotopic (exact) mass is 312 g/mol. The summed E-state index contributed by atoms with van der Waals surface area (Å²) in [5.41, 5.74) is -1.01. The minimum atomic E-state index is -5.81. The average molecular weight is 312 g/mol. The van der Waals surface area contributed by atoms with Crippen LogP contribution in [-0.2, 0) is 19.6 Å². The molecule has 20 heavy (non-hydrogen) atoms. The van der Waals surface area contributed by atoms with Crippen molar-refractivity contribution in [2.24, 2.45) is 17.3 Å². The van der Waals surface area contributed by atoms with Crippen LogP contribution in [0.5, 0.6) is 0 Å². The lowest BCUT2D eigenvalue weighted by atomic mass is 9.46. The van der Waals surface area contributed by atoms with Crippen LogP contribution in [0.3, 0.4) is 0 Å². The van der Waals surface area contributed by atoms with Gasteiger partial charge in [-0.05, 0) is 43.4 Å². The van der Waals surface area contributed by atoms with E-state index < -0.39 is 26.9 Å². The molecule has 3 aliphatic carbocycles. The molecular formula is C12H18F2O5S. The molecule has 0 aliphatic heterocycles. The number of hydrogen-bond acceptors (Lipinski definition) is 4. The fourth-order valence-corrected chi connectivity index (χ4v) is 3.67. The Balaban J connectivity index is 2.10. The summed E-state index contributed by atoms with van der Waals surface area (Å²) in [7, 11) is -5.81. The van der Waals surface area contributed by atoms with Gasteiger partial charge < -0.3 is 4.74 Å². The second kappa shape index (κ2) is 4.13. The number of halogens is 2. The Hall–Kier alpha value is -0.760. The summed E-state index contributed by atoms with van der Waals surface area (Å²) < 4.78 is 60.6. The molecule has 116 valence electrons. The summed E-state index contributed by atoms with van der Waals surface area (Å²) in [4.78, 5) is 11.4. The van der Waals surface area contributed by atoms with Crippen LogP contribution in [0, 0.1) is 17.3 Å². The molecule has 3 fully saturated rings. The number of carbonyl (C=O) groups is 1. The van der Waals surface area contributed by atoms with Gasteiger partial charge in [0, 0.05) is 0 Å². The fraction of sp³-hybridized carbons (Fsp3) is 0.917. The standard InChI is InChI=1S/C12H18F2O5S/c1-10(2)7-4-8(10)6-11(3,5-7)19-9(15)12(13,14)20(16,17)18/h7-8H,4-6H2,1-3H3,(H,16,17,18). The van der Waals surface area contributed by atoms with Crippen molar-refractivity contribution in [2.45, 2.75) is 50.9 Å². The number of alkyl halides is 2. The third kappa shape index (κ3) is 2.22. The van der Waals surface area contributed by atoms with Gasteiger partial charge in [0.1, 0.15) is 5.60 Å². The molecule has 3 aliphatic rings. The molecule has 5 nitrogen and oxygen atoms in total. The Labute approximate surface area is 116 Å². The van der Waals surface area contributed by atoms with E-state index >= 15 is 0 Å². The van der Waals surface area contributed by atoms with Gasteiger partial charge in [-0.3, -0.25) is 4.55 Å². The van der Waals surface area contributed by atoms with Crippen molar-refractivity contribution in [1.29, 1.82) is 0 Å². The largest absolute Gasteiger partial charge is 0.465 e. The summed E-state index contributed by atoms with van der Waals surface area (Å²) in [6.07, 6.45) is 1.81. The normalized spacial score (nSPS) is 36.1. The van der Waals surface area contributed by atoms with Crippen molar-refractivity contribution in [2.75, 3.05) is 0 Å². The molecule has 0 amide bonds. The zero-order valence-corrected chi connectivity index (χ0v) is 12.3. The molecule has 2 unspecified atom stereocenters. The maximum atomic E-state index is 13.2. The molecule has 0 saturated heterocycles. The highest BCUT2D eigenvalue weighted by Gasteiger charge is 2.61.